The third kappa shape index (κ3) is 2.14. The van der Waals surface area contributed by atoms with Gasteiger partial charge in [0.2, 0.25) is 0 Å². The van der Waals surface area contributed by atoms with Crippen molar-refractivity contribution in [2.45, 2.75) is 13.0 Å². The van der Waals surface area contributed by atoms with Crippen molar-refractivity contribution in [3.05, 3.63) is 54.4 Å². The second-order valence-electron chi connectivity index (χ2n) is 5.34. The fourth-order valence-corrected chi connectivity index (χ4v) is 2.81. The number of aromatic nitrogens is 5. The quantitative estimate of drug-likeness (QED) is 0.601. The molecule has 22 heavy (non-hydrogen) atoms. The van der Waals surface area contributed by atoms with Crippen molar-refractivity contribution in [2.75, 3.05) is 6.54 Å². The molecule has 0 unspecified atom stereocenters. The number of nitrogens with two attached hydrogens (primary N) is 1. The Morgan fingerprint density at radius 1 is 1.23 bits per heavy atom. The van der Waals surface area contributed by atoms with E-state index in [1.165, 1.54) is 22.8 Å². The van der Waals surface area contributed by atoms with E-state index in [-0.39, 0.29) is 0 Å². The fraction of sp³-hybridized carbons (Fsp3) is 0.188. The molecule has 0 spiro atoms. The molecule has 0 bridgehead atoms. The summed E-state index contributed by atoms with van der Waals surface area (Å²) in [5, 5.41) is 1.24. The molecule has 3 N–H and O–H groups in total. The van der Waals surface area contributed by atoms with Gasteiger partial charge in [-0.2, -0.15) is 0 Å². The molecule has 6 nitrogen and oxygen atoms in total. The van der Waals surface area contributed by atoms with Crippen LogP contribution in [0.4, 0.5) is 0 Å². The molecule has 0 fully saturated rings. The Bertz CT molecular complexity index is 936. The number of aromatic amines is 1. The number of benzene rings is 1. The lowest BCUT2D eigenvalue weighted by Crippen LogP contribution is -2.02. The summed E-state index contributed by atoms with van der Waals surface area (Å²) in [6, 6.07) is 6.45. The lowest BCUT2D eigenvalue weighted by atomic mass is 10.1. The molecule has 0 radical (unpaired) electrons. The van der Waals surface area contributed by atoms with Crippen molar-refractivity contribution in [1.29, 1.82) is 0 Å². The first-order valence-corrected chi connectivity index (χ1v) is 7.25. The normalized spacial score (nSPS) is 11.5. The molecule has 3 heterocycles. The SMILES string of the molecule is NCCc1c[nH]c2ccc(Cn3cnc4ncncc43)cc12. The van der Waals surface area contributed by atoms with Crippen LogP contribution in [-0.4, -0.2) is 31.0 Å². The molecular weight excluding hydrogens is 276 g/mol. The van der Waals surface area contributed by atoms with E-state index >= 15 is 0 Å². The van der Waals surface area contributed by atoms with Crippen molar-refractivity contribution in [3.63, 3.8) is 0 Å². The third-order valence-corrected chi connectivity index (χ3v) is 3.90. The van der Waals surface area contributed by atoms with Gasteiger partial charge in [0.15, 0.2) is 5.65 Å². The highest BCUT2D eigenvalue weighted by Gasteiger charge is 2.07. The lowest BCUT2D eigenvalue weighted by Gasteiger charge is -2.05. The van der Waals surface area contributed by atoms with Crippen LogP contribution in [0.2, 0.25) is 0 Å². The molecule has 4 aromatic rings. The molecule has 0 aliphatic heterocycles. The predicted molar refractivity (Wildman–Crippen MR) is 85.5 cm³/mol. The van der Waals surface area contributed by atoms with Crippen LogP contribution in [0.15, 0.2) is 43.2 Å². The molecule has 0 atom stereocenters. The Morgan fingerprint density at radius 3 is 3.09 bits per heavy atom. The van der Waals surface area contributed by atoms with E-state index in [1.807, 2.05) is 12.5 Å². The van der Waals surface area contributed by atoms with Gasteiger partial charge in [-0.25, -0.2) is 15.0 Å². The van der Waals surface area contributed by atoms with E-state index in [1.54, 1.807) is 6.20 Å². The summed E-state index contributed by atoms with van der Waals surface area (Å²) in [7, 11) is 0. The minimum Gasteiger partial charge on any atom is -0.361 e. The summed E-state index contributed by atoms with van der Waals surface area (Å²) >= 11 is 0. The smallest absolute Gasteiger partial charge is 0.180 e. The van der Waals surface area contributed by atoms with Gasteiger partial charge in [0, 0.05) is 23.6 Å². The number of fused-ring (bicyclic) bond motifs is 2. The Labute approximate surface area is 127 Å². The molecule has 110 valence electrons. The minimum absolute atomic E-state index is 0.653. The highest BCUT2D eigenvalue weighted by molar-refractivity contribution is 5.84. The van der Waals surface area contributed by atoms with Crippen LogP contribution in [0.25, 0.3) is 22.1 Å². The van der Waals surface area contributed by atoms with Crippen LogP contribution < -0.4 is 5.73 Å². The molecule has 0 aliphatic carbocycles. The monoisotopic (exact) mass is 292 g/mol. The number of nitrogens with one attached hydrogen (secondary N) is 1. The van der Waals surface area contributed by atoms with Crippen molar-refractivity contribution in [3.8, 4) is 0 Å². The second kappa shape index (κ2) is 5.23. The predicted octanol–water partition coefficient (Wildman–Crippen LogP) is 1.86. The average molecular weight is 292 g/mol. The average Bonchev–Trinajstić information content (AvgIpc) is 3.13. The molecule has 0 amide bonds. The molecule has 0 saturated carbocycles. The van der Waals surface area contributed by atoms with E-state index in [2.05, 4.69) is 42.7 Å². The van der Waals surface area contributed by atoms with Gasteiger partial charge in [0.25, 0.3) is 0 Å². The van der Waals surface area contributed by atoms with Crippen LogP contribution in [0, 0.1) is 0 Å². The van der Waals surface area contributed by atoms with Crippen LogP contribution in [0.5, 0.6) is 0 Å². The minimum atomic E-state index is 0.653. The maximum Gasteiger partial charge on any atom is 0.180 e. The summed E-state index contributed by atoms with van der Waals surface area (Å²) in [5.41, 5.74) is 11.0. The molecule has 6 heteroatoms. The standard InChI is InChI=1S/C16H16N6/c17-4-3-12-6-19-14-2-1-11(5-13(12)14)8-22-10-21-16-15(22)7-18-9-20-16/h1-2,5-7,9-10,19H,3-4,8,17H2. The molecule has 0 aliphatic rings. The maximum absolute atomic E-state index is 5.68. The number of H-pyrrole nitrogens is 1. The summed E-state index contributed by atoms with van der Waals surface area (Å²) in [4.78, 5) is 15.8. The highest BCUT2D eigenvalue weighted by atomic mass is 15.1. The van der Waals surface area contributed by atoms with Crippen LogP contribution in [0.1, 0.15) is 11.1 Å². The first-order chi connectivity index (χ1) is 10.8. The molecule has 1 aromatic carbocycles. The van der Waals surface area contributed by atoms with Gasteiger partial charge in [-0.3, -0.25) is 0 Å². The zero-order valence-corrected chi connectivity index (χ0v) is 12.0. The third-order valence-electron chi connectivity index (χ3n) is 3.90. The Kier molecular flexibility index (Phi) is 3.08. The van der Waals surface area contributed by atoms with Gasteiger partial charge < -0.3 is 15.3 Å². The number of rotatable bonds is 4. The van der Waals surface area contributed by atoms with E-state index in [4.69, 9.17) is 5.73 Å². The summed E-state index contributed by atoms with van der Waals surface area (Å²) in [5.74, 6) is 0. The van der Waals surface area contributed by atoms with Gasteiger partial charge in [-0.1, -0.05) is 6.07 Å². The molecule has 4 rings (SSSR count). The summed E-state index contributed by atoms with van der Waals surface area (Å²) < 4.78 is 2.06. The number of hydrogen-bond acceptors (Lipinski definition) is 4. The topological polar surface area (TPSA) is 85.4 Å². The van der Waals surface area contributed by atoms with Crippen molar-refractivity contribution >= 4 is 22.1 Å². The van der Waals surface area contributed by atoms with Gasteiger partial charge in [-0.15, -0.1) is 0 Å². The second-order valence-corrected chi connectivity index (χ2v) is 5.34. The molecular formula is C16H16N6. The van der Waals surface area contributed by atoms with E-state index in [0.717, 1.165) is 29.6 Å². The first-order valence-electron chi connectivity index (χ1n) is 7.25. The number of imidazole rings is 1. The highest BCUT2D eigenvalue weighted by Crippen LogP contribution is 2.21. The molecule has 3 aromatic heterocycles. The van der Waals surface area contributed by atoms with Crippen molar-refractivity contribution in [1.82, 2.24) is 24.5 Å². The maximum atomic E-state index is 5.68. The molecule has 0 saturated heterocycles. The van der Waals surface area contributed by atoms with E-state index < -0.39 is 0 Å². The van der Waals surface area contributed by atoms with Crippen LogP contribution in [0.3, 0.4) is 0 Å². The zero-order chi connectivity index (χ0) is 14.9. The van der Waals surface area contributed by atoms with Crippen LogP contribution >= 0.6 is 0 Å². The Morgan fingerprint density at radius 2 is 2.18 bits per heavy atom. The summed E-state index contributed by atoms with van der Waals surface area (Å²) in [6.07, 6.45) is 8.04. The Balaban J connectivity index is 1.73. The number of hydrogen-bond donors (Lipinski definition) is 2. The first kappa shape index (κ1) is 13.0. The summed E-state index contributed by atoms with van der Waals surface area (Å²) in [6.45, 7) is 1.40. The van der Waals surface area contributed by atoms with Gasteiger partial charge in [0.05, 0.1) is 12.5 Å². The fourth-order valence-electron chi connectivity index (χ4n) is 2.81. The number of nitrogens with zero attached hydrogens (tertiary/aromatic N) is 4. The van der Waals surface area contributed by atoms with Gasteiger partial charge >= 0.3 is 0 Å². The van der Waals surface area contributed by atoms with Gasteiger partial charge in [-0.05, 0) is 36.2 Å². The zero-order valence-electron chi connectivity index (χ0n) is 12.0. The van der Waals surface area contributed by atoms with E-state index in [0.29, 0.717) is 6.54 Å². The Hall–Kier alpha value is -2.73. The van der Waals surface area contributed by atoms with Crippen LogP contribution in [-0.2, 0) is 13.0 Å². The van der Waals surface area contributed by atoms with Gasteiger partial charge in [0.1, 0.15) is 11.8 Å². The van der Waals surface area contributed by atoms with E-state index in [9.17, 15) is 0 Å². The van der Waals surface area contributed by atoms with Crippen molar-refractivity contribution < 1.29 is 0 Å². The lowest BCUT2D eigenvalue weighted by molar-refractivity contribution is 0.824. The van der Waals surface area contributed by atoms with Crippen molar-refractivity contribution in [2.24, 2.45) is 5.73 Å². The largest absolute Gasteiger partial charge is 0.361 e.